The maximum Gasteiger partial charge on any atom is 0.231 e. The molecular formula is C23H28ClN3O3. The van der Waals surface area contributed by atoms with Gasteiger partial charge in [-0.1, -0.05) is 29.8 Å². The van der Waals surface area contributed by atoms with Gasteiger partial charge >= 0.3 is 0 Å². The summed E-state index contributed by atoms with van der Waals surface area (Å²) in [6, 6.07) is 14.2. The van der Waals surface area contributed by atoms with E-state index in [0.717, 1.165) is 68.0 Å². The van der Waals surface area contributed by atoms with Gasteiger partial charge in [-0.2, -0.15) is 0 Å². The van der Waals surface area contributed by atoms with Crippen molar-refractivity contribution in [1.82, 2.24) is 10.6 Å². The smallest absolute Gasteiger partial charge is 0.231 e. The molecule has 2 aliphatic heterocycles. The molecular weight excluding hydrogens is 402 g/mol. The van der Waals surface area contributed by atoms with Crippen molar-refractivity contribution in [3.63, 3.8) is 0 Å². The van der Waals surface area contributed by atoms with Gasteiger partial charge in [0, 0.05) is 43.8 Å². The van der Waals surface area contributed by atoms with Crippen LogP contribution in [-0.2, 0) is 16.6 Å². The quantitative estimate of drug-likeness (QED) is 0.543. The van der Waals surface area contributed by atoms with Crippen LogP contribution in [0.3, 0.4) is 0 Å². The number of halogens is 1. The van der Waals surface area contributed by atoms with Gasteiger partial charge in [0.15, 0.2) is 17.5 Å². The zero-order valence-electron chi connectivity index (χ0n) is 17.2. The maximum absolute atomic E-state index is 5.96. The van der Waals surface area contributed by atoms with E-state index in [0.29, 0.717) is 0 Å². The Labute approximate surface area is 182 Å². The van der Waals surface area contributed by atoms with E-state index < -0.39 is 0 Å². The largest absolute Gasteiger partial charge is 0.454 e. The van der Waals surface area contributed by atoms with E-state index in [2.05, 4.69) is 39.9 Å². The third-order valence-electron chi connectivity index (χ3n) is 5.87. The summed E-state index contributed by atoms with van der Waals surface area (Å²) in [7, 11) is 1.80. The zero-order valence-corrected chi connectivity index (χ0v) is 18.0. The van der Waals surface area contributed by atoms with Crippen LogP contribution < -0.4 is 20.1 Å². The Morgan fingerprint density at radius 1 is 1.03 bits per heavy atom. The van der Waals surface area contributed by atoms with Crippen LogP contribution in [0.15, 0.2) is 47.5 Å². The molecule has 160 valence electrons. The van der Waals surface area contributed by atoms with E-state index in [1.54, 1.807) is 7.05 Å². The number of hydrogen-bond acceptors (Lipinski definition) is 4. The molecule has 0 aromatic heterocycles. The fraction of sp³-hybridized carbons (Fsp3) is 0.435. The van der Waals surface area contributed by atoms with Crippen molar-refractivity contribution in [3.8, 4) is 11.5 Å². The number of nitrogens with zero attached hydrogens (tertiary/aromatic N) is 1. The number of hydrogen-bond donors (Lipinski definition) is 2. The summed E-state index contributed by atoms with van der Waals surface area (Å²) in [6.45, 7) is 3.35. The predicted molar refractivity (Wildman–Crippen MR) is 119 cm³/mol. The number of benzene rings is 2. The van der Waals surface area contributed by atoms with E-state index in [1.807, 2.05) is 18.2 Å². The number of rotatable bonds is 6. The van der Waals surface area contributed by atoms with Gasteiger partial charge in [0.1, 0.15) is 0 Å². The Morgan fingerprint density at radius 2 is 1.80 bits per heavy atom. The molecule has 0 bridgehead atoms. The first-order valence-corrected chi connectivity index (χ1v) is 10.7. The second-order valence-electron chi connectivity index (χ2n) is 7.69. The van der Waals surface area contributed by atoms with Crippen LogP contribution in [0.2, 0.25) is 5.02 Å². The molecule has 0 aliphatic carbocycles. The molecule has 0 saturated carbocycles. The Kier molecular flexibility index (Phi) is 6.65. The summed E-state index contributed by atoms with van der Waals surface area (Å²) in [5, 5.41) is 7.70. The fourth-order valence-corrected chi connectivity index (χ4v) is 4.13. The van der Waals surface area contributed by atoms with E-state index in [-0.39, 0.29) is 12.2 Å². The van der Waals surface area contributed by atoms with E-state index in [1.165, 1.54) is 11.1 Å². The van der Waals surface area contributed by atoms with Gasteiger partial charge in [0.25, 0.3) is 0 Å². The second-order valence-corrected chi connectivity index (χ2v) is 8.13. The molecule has 4 rings (SSSR count). The van der Waals surface area contributed by atoms with Crippen LogP contribution in [0.5, 0.6) is 11.5 Å². The van der Waals surface area contributed by atoms with Crippen molar-refractivity contribution in [2.24, 2.45) is 4.99 Å². The van der Waals surface area contributed by atoms with E-state index >= 15 is 0 Å². The van der Waals surface area contributed by atoms with Gasteiger partial charge < -0.3 is 24.8 Å². The summed E-state index contributed by atoms with van der Waals surface area (Å²) in [5.74, 6) is 2.44. The lowest BCUT2D eigenvalue weighted by Crippen LogP contribution is -2.48. The number of nitrogens with one attached hydrogen (secondary N) is 2. The molecule has 0 atom stereocenters. The highest BCUT2D eigenvalue weighted by Crippen LogP contribution is 2.40. The summed E-state index contributed by atoms with van der Waals surface area (Å²) < 4.78 is 16.7. The first-order valence-electron chi connectivity index (χ1n) is 10.4. The molecule has 2 aromatic rings. The normalized spacial score (nSPS) is 17.6. The average Bonchev–Trinajstić information content (AvgIpc) is 3.26. The van der Waals surface area contributed by atoms with Crippen molar-refractivity contribution < 1.29 is 14.2 Å². The molecule has 7 heteroatoms. The number of guanidine groups is 1. The van der Waals surface area contributed by atoms with Gasteiger partial charge in [0.05, 0.1) is 0 Å². The molecule has 2 heterocycles. The molecule has 0 spiro atoms. The van der Waals surface area contributed by atoms with Gasteiger partial charge in [0.2, 0.25) is 6.79 Å². The lowest BCUT2D eigenvalue weighted by atomic mass is 9.74. The molecule has 0 amide bonds. The van der Waals surface area contributed by atoms with E-state index in [9.17, 15) is 0 Å². The number of fused-ring (bicyclic) bond motifs is 1. The molecule has 1 saturated heterocycles. The van der Waals surface area contributed by atoms with Gasteiger partial charge in [-0.3, -0.25) is 4.99 Å². The maximum atomic E-state index is 5.96. The van der Waals surface area contributed by atoms with Crippen molar-refractivity contribution in [2.45, 2.75) is 24.7 Å². The number of aliphatic imine (C=N–C) groups is 1. The van der Waals surface area contributed by atoms with Gasteiger partial charge in [-0.05, 0) is 54.7 Å². The third-order valence-corrected chi connectivity index (χ3v) is 6.12. The summed E-state index contributed by atoms with van der Waals surface area (Å²) in [4.78, 5) is 4.40. The molecule has 2 aromatic carbocycles. The minimum absolute atomic E-state index is 0.0347. The zero-order chi connectivity index (χ0) is 20.8. The van der Waals surface area contributed by atoms with Crippen LogP contribution in [0.25, 0.3) is 0 Å². The Hall–Kier alpha value is -2.44. The SMILES string of the molecule is CN=C(NCCc1ccc(Cl)cc1)NCC1(c2ccc3c(c2)OCO3)CCOCC1. The van der Waals surface area contributed by atoms with Crippen LogP contribution in [0, 0.1) is 0 Å². The standard InChI is InChI=1S/C23H28ClN3O3/c1-25-22(26-11-8-17-2-5-19(24)6-3-17)27-15-23(9-12-28-13-10-23)18-4-7-20-21(14-18)30-16-29-20/h2-7,14H,8-13,15-16H2,1H3,(H2,25,26,27). The van der Waals surface area contributed by atoms with Crippen molar-refractivity contribution in [2.75, 3.05) is 40.1 Å². The molecule has 30 heavy (non-hydrogen) atoms. The monoisotopic (exact) mass is 429 g/mol. The Balaban J connectivity index is 1.38. The summed E-state index contributed by atoms with van der Waals surface area (Å²) in [5.41, 5.74) is 2.45. The molecule has 0 radical (unpaired) electrons. The highest BCUT2D eigenvalue weighted by atomic mass is 35.5. The van der Waals surface area contributed by atoms with Gasteiger partial charge in [-0.25, -0.2) is 0 Å². The molecule has 1 fully saturated rings. The van der Waals surface area contributed by atoms with Crippen LogP contribution in [-0.4, -0.2) is 46.1 Å². The highest BCUT2D eigenvalue weighted by molar-refractivity contribution is 6.30. The molecule has 6 nitrogen and oxygen atoms in total. The third kappa shape index (κ3) is 4.82. The predicted octanol–water partition coefficient (Wildman–Crippen LogP) is 3.52. The van der Waals surface area contributed by atoms with Crippen LogP contribution >= 0.6 is 11.6 Å². The van der Waals surface area contributed by atoms with E-state index in [4.69, 9.17) is 25.8 Å². The molecule has 2 N–H and O–H groups in total. The van der Waals surface area contributed by atoms with Crippen LogP contribution in [0.4, 0.5) is 0 Å². The minimum Gasteiger partial charge on any atom is -0.454 e. The first-order chi connectivity index (χ1) is 14.7. The summed E-state index contributed by atoms with van der Waals surface area (Å²) in [6.07, 6.45) is 2.79. The fourth-order valence-electron chi connectivity index (χ4n) is 4.01. The van der Waals surface area contributed by atoms with Crippen molar-refractivity contribution in [3.05, 3.63) is 58.6 Å². The Bertz CT molecular complexity index is 880. The van der Waals surface area contributed by atoms with Crippen LogP contribution in [0.1, 0.15) is 24.0 Å². The first kappa shape index (κ1) is 20.8. The minimum atomic E-state index is -0.0347. The van der Waals surface area contributed by atoms with Crippen molar-refractivity contribution in [1.29, 1.82) is 0 Å². The molecule has 0 unspecified atom stereocenters. The van der Waals surface area contributed by atoms with Crippen molar-refractivity contribution >= 4 is 17.6 Å². The topological polar surface area (TPSA) is 64.1 Å². The molecule has 2 aliphatic rings. The lowest BCUT2D eigenvalue weighted by Gasteiger charge is -2.38. The number of ether oxygens (including phenoxy) is 3. The summed E-state index contributed by atoms with van der Waals surface area (Å²) >= 11 is 5.96. The average molecular weight is 430 g/mol. The highest BCUT2D eigenvalue weighted by Gasteiger charge is 2.35. The lowest BCUT2D eigenvalue weighted by molar-refractivity contribution is 0.0513. The second kappa shape index (κ2) is 9.58. The Morgan fingerprint density at radius 3 is 2.57 bits per heavy atom. The van der Waals surface area contributed by atoms with Gasteiger partial charge in [-0.15, -0.1) is 0 Å².